The molecule has 2 rings (SSSR count). The van der Waals surface area contributed by atoms with Gasteiger partial charge in [0.2, 0.25) is 5.91 Å². The van der Waals surface area contributed by atoms with Crippen LogP contribution in [0.15, 0.2) is 0 Å². The molecular weight excluding hydrogens is 281 g/mol. The highest BCUT2D eigenvalue weighted by atomic mass is 35.5. The molecule has 7 heteroatoms. The molecule has 1 amide bonds. The molecule has 0 aromatic rings. The van der Waals surface area contributed by atoms with Crippen LogP contribution in [0, 0.1) is 11.8 Å². The van der Waals surface area contributed by atoms with Crippen molar-refractivity contribution in [1.82, 2.24) is 10.2 Å². The van der Waals surface area contributed by atoms with E-state index in [1.165, 1.54) is 0 Å². The van der Waals surface area contributed by atoms with E-state index >= 15 is 0 Å². The van der Waals surface area contributed by atoms with E-state index in [9.17, 15) is 18.0 Å². The zero-order valence-corrected chi connectivity index (χ0v) is 11.5. The molecule has 1 saturated carbocycles. The molecule has 2 unspecified atom stereocenters. The highest BCUT2D eigenvalue weighted by Gasteiger charge is 2.48. The molecule has 1 saturated heterocycles. The lowest BCUT2D eigenvalue weighted by Gasteiger charge is -2.37. The fourth-order valence-electron chi connectivity index (χ4n) is 2.94. The second-order valence-corrected chi connectivity index (χ2v) is 5.11. The van der Waals surface area contributed by atoms with Gasteiger partial charge in [-0.1, -0.05) is 12.8 Å². The van der Waals surface area contributed by atoms with Crippen molar-refractivity contribution < 1.29 is 18.0 Å². The molecule has 0 aromatic carbocycles. The number of hydrogen-bond acceptors (Lipinski definition) is 2. The minimum absolute atomic E-state index is 0. The van der Waals surface area contributed by atoms with E-state index in [1.54, 1.807) is 4.90 Å². The van der Waals surface area contributed by atoms with Gasteiger partial charge in [0.1, 0.15) is 0 Å². The second-order valence-electron chi connectivity index (χ2n) is 5.11. The van der Waals surface area contributed by atoms with Crippen molar-refractivity contribution in [3.8, 4) is 0 Å². The van der Waals surface area contributed by atoms with Gasteiger partial charge in [0, 0.05) is 32.1 Å². The minimum Gasteiger partial charge on any atom is -0.340 e. The molecule has 0 aromatic heterocycles. The van der Waals surface area contributed by atoms with Gasteiger partial charge in [-0.2, -0.15) is 13.2 Å². The zero-order valence-electron chi connectivity index (χ0n) is 10.7. The minimum atomic E-state index is -4.24. The zero-order chi connectivity index (χ0) is 13.2. The number of nitrogens with zero attached hydrogens (tertiary/aromatic N) is 1. The van der Waals surface area contributed by atoms with Gasteiger partial charge in [-0.3, -0.25) is 4.79 Å². The number of rotatable bonds is 1. The molecule has 2 atom stereocenters. The Morgan fingerprint density at radius 3 is 2.26 bits per heavy atom. The van der Waals surface area contributed by atoms with Crippen molar-refractivity contribution in [2.45, 2.75) is 31.9 Å². The maximum atomic E-state index is 12.9. The Morgan fingerprint density at radius 2 is 1.68 bits per heavy atom. The summed E-state index contributed by atoms with van der Waals surface area (Å²) in [5.74, 6) is -2.58. The molecule has 1 aliphatic carbocycles. The summed E-state index contributed by atoms with van der Waals surface area (Å²) in [5, 5.41) is 3.10. The molecule has 19 heavy (non-hydrogen) atoms. The van der Waals surface area contributed by atoms with E-state index < -0.39 is 18.0 Å². The average Bonchev–Trinajstić information content (AvgIpc) is 2.38. The highest BCUT2D eigenvalue weighted by Crippen LogP contribution is 2.42. The quantitative estimate of drug-likeness (QED) is 0.805. The van der Waals surface area contributed by atoms with Crippen LogP contribution < -0.4 is 5.32 Å². The first-order valence-electron chi connectivity index (χ1n) is 6.56. The third-order valence-electron chi connectivity index (χ3n) is 3.93. The molecule has 0 bridgehead atoms. The van der Waals surface area contributed by atoms with Crippen LogP contribution in [-0.2, 0) is 4.79 Å². The number of halogens is 4. The standard InChI is InChI=1S/C12H19F3N2O.ClH/c13-12(14,15)10-4-2-1-3-9(10)11(18)17-7-5-16-6-8-17;/h9-10,16H,1-8H2;1H. The Morgan fingerprint density at radius 1 is 1.11 bits per heavy atom. The maximum absolute atomic E-state index is 12.9. The summed E-state index contributed by atoms with van der Waals surface area (Å²) < 4.78 is 38.8. The van der Waals surface area contributed by atoms with Crippen LogP contribution in [0.2, 0.25) is 0 Å². The van der Waals surface area contributed by atoms with Crippen LogP contribution in [0.1, 0.15) is 25.7 Å². The van der Waals surface area contributed by atoms with Crippen LogP contribution >= 0.6 is 12.4 Å². The van der Waals surface area contributed by atoms with Crippen molar-refractivity contribution in [1.29, 1.82) is 0 Å². The van der Waals surface area contributed by atoms with E-state index in [0.717, 1.165) is 6.42 Å². The van der Waals surface area contributed by atoms with Crippen LogP contribution in [0.5, 0.6) is 0 Å². The lowest BCUT2D eigenvalue weighted by molar-refractivity contribution is -0.201. The lowest BCUT2D eigenvalue weighted by Crippen LogP contribution is -2.51. The Hall–Kier alpha value is -0.490. The Balaban J connectivity index is 0.00000180. The van der Waals surface area contributed by atoms with Crippen LogP contribution in [0.3, 0.4) is 0 Å². The predicted molar refractivity (Wildman–Crippen MR) is 68.2 cm³/mol. The normalized spacial score (nSPS) is 28.7. The number of carbonyl (C=O) groups excluding carboxylic acids is 1. The first-order valence-corrected chi connectivity index (χ1v) is 6.56. The lowest BCUT2D eigenvalue weighted by atomic mass is 9.78. The Labute approximate surface area is 117 Å². The number of alkyl halides is 3. The third kappa shape index (κ3) is 3.99. The largest absolute Gasteiger partial charge is 0.392 e. The maximum Gasteiger partial charge on any atom is 0.392 e. The van der Waals surface area contributed by atoms with Crippen molar-refractivity contribution >= 4 is 18.3 Å². The Bertz CT molecular complexity index is 306. The smallest absolute Gasteiger partial charge is 0.340 e. The summed E-state index contributed by atoms with van der Waals surface area (Å²) in [5.41, 5.74) is 0. The van der Waals surface area contributed by atoms with Gasteiger partial charge < -0.3 is 10.2 Å². The van der Waals surface area contributed by atoms with Gasteiger partial charge in [-0.15, -0.1) is 12.4 Å². The van der Waals surface area contributed by atoms with Gasteiger partial charge in [0.15, 0.2) is 0 Å². The fourth-order valence-corrected chi connectivity index (χ4v) is 2.94. The first kappa shape index (κ1) is 16.6. The summed E-state index contributed by atoms with van der Waals surface area (Å²) in [6, 6.07) is 0. The first-order chi connectivity index (χ1) is 8.50. The summed E-state index contributed by atoms with van der Waals surface area (Å²) in [6.07, 6.45) is -2.45. The van der Waals surface area contributed by atoms with Gasteiger partial charge in [0.05, 0.1) is 5.92 Å². The molecule has 1 heterocycles. The molecule has 2 fully saturated rings. The van der Waals surface area contributed by atoms with E-state index in [-0.39, 0.29) is 24.7 Å². The molecular formula is C12H20ClF3N2O. The predicted octanol–water partition coefficient (Wildman–Crippen LogP) is 2.21. The molecule has 3 nitrogen and oxygen atoms in total. The van der Waals surface area contributed by atoms with Crippen LogP contribution in [0.25, 0.3) is 0 Å². The van der Waals surface area contributed by atoms with E-state index in [1.807, 2.05) is 0 Å². The topological polar surface area (TPSA) is 32.3 Å². The molecule has 2 aliphatic rings. The number of hydrogen-bond donors (Lipinski definition) is 1. The third-order valence-corrected chi connectivity index (χ3v) is 3.93. The van der Waals surface area contributed by atoms with Crippen molar-refractivity contribution in [2.75, 3.05) is 26.2 Å². The molecule has 0 spiro atoms. The van der Waals surface area contributed by atoms with E-state index in [0.29, 0.717) is 39.0 Å². The van der Waals surface area contributed by atoms with Gasteiger partial charge in [0.25, 0.3) is 0 Å². The molecule has 1 aliphatic heterocycles. The fraction of sp³-hybridized carbons (Fsp3) is 0.917. The second kappa shape index (κ2) is 6.79. The molecule has 1 N–H and O–H groups in total. The molecule has 112 valence electrons. The van der Waals surface area contributed by atoms with Gasteiger partial charge in [-0.05, 0) is 12.8 Å². The highest BCUT2D eigenvalue weighted by molar-refractivity contribution is 5.85. The summed E-state index contributed by atoms with van der Waals surface area (Å²) in [7, 11) is 0. The molecule has 0 radical (unpaired) electrons. The van der Waals surface area contributed by atoms with E-state index in [2.05, 4.69) is 5.32 Å². The number of amides is 1. The van der Waals surface area contributed by atoms with Crippen LogP contribution in [0.4, 0.5) is 13.2 Å². The SMILES string of the molecule is Cl.O=C(C1CCCCC1C(F)(F)F)N1CCNCC1. The average molecular weight is 301 g/mol. The Kier molecular flexibility index (Phi) is 5.92. The monoisotopic (exact) mass is 300 g/mol. The number of nitrogens with one attached hydrogen (secondary N) is 1. The van der Waals surface area contributed by atoms with E-state index in [4.69, 9.17) is 0 Å². The summed E-state index contributed by atoms with van der Waals surface area (Å²) in [4.78, 5) is 13.8. The number of carbonyl (C=O) groups is 1. The number of piperazine rings is 1. The van der Waals surface area contributed by atoms with Crippen LogP contribution in [-0.4, -0.2) is 43.2 Å². The van der Waals surface area contributed by atoms with Crippen molar-refractivity contribution in [3.63, 3.8) is 0 Å². The van der Waals surface area contributed by atoms with Gasteiger partial charge in [-0.25, -0.2) is 0 Å². The summed E-state index contributed by atoms with van der Waals surface area (Å²) >= 11 is 0. The van der Waals surface area contributed by atoms with Crippen molar-refractivity contribution in [3.05, 3.63) is 0 Å². The van der Waals surface area contributed by atoms with Crippen molar-refractivity contribution in [2.24, 2.45) is 11.8 Å². The summed E-state index contributed by atoms with van der Waals surface area (Å²) in [6.45, 7) is 2.41. The van der Waals surface area contributed by atoms with Gasteiger partial charge >= 0.3 is 6.18 Å².